The van der Waals surface area contributed by atoms with Gasteiger partial charge < -0.3 is 19.4 Å². The van der Waals surface area contributed by atoms with E-state index < -0.39 is 0 Å². The molecule has 3 rings (SSSR count). The zero-order chi connectivity index (χ0) is 19.4. The van der Waals surface area contributed by atoms with Crippen molar-refractivity contribution in [2.75, 3.05) is 45.2 Å². The Hall–Kier alpha value is -1.66. The van der Waals surface area contributed by atoms with Gasteiger partial charge in [0.25, 0.3) is 5.91 Å². The zero-order valence-electron chi connectivity index (χ0n) is 17.2. The minimum absolute atomic E-state index is 0.0530. The van der Waals surface area contributed by atoms with Crippen LogP contribution in [0, 0.1) is 0 Å². The zero-order valence-corrected chi connectivity index (χ0v) is 17.2. The van der Waals surface area contributed by atoms with Gasteiger partial charge in [-0.1, -0.05) is 6.07 Å². The Kier molecular flexibility index (Phi) is 6.71. The fourth-order valence-corrected chi connectivity index (χ4v) is 3.97. The molecule has 27 heavy (non-hydrogen) atoms. The number of rotatable bonds is 5. The Balaban J connectivity index is 1.48. The topological polar surface area (TPSA) is 48.9 Å². The second-order valence-corrected chi connectivity index (χ2v) is 8.23. The standard InChI is InChI=1S/C21H34N4O2/c1-16(2)24-12-8-17(9-13-24)27-18-10-14-25(15-11-18)20-7-5-6-19(22-20)21(26)23(3)4/h5-7,16-18H,8-15H2,1-4H3. The third-order valence-electron chi connectivity index (χ3n) is 5.72. The van der Waals surface area contributed by atoms with E-state index >= 15 is 0 Å². The molecule has 2 fully saturated rings. The Labute approximate surface area is 163 Å². The van der Waals surface area contributed by atoms with Crippen molar-refractivity contribution in [3.63, 3.8) is 0 Å². The molecule has 0 saturated carbocycles. The first-order valence-electron chi connectivity index (χ1n) is 10.3. The molecule has 2 aliphatic heterocycles. The van der Waals surface area contributed by atoms with E-state index in [0.29, 0.717) is 23.9 Å². The number of likely N-dealkylation sites (tertiary alicyclic amines) is 1. The molecule has 150 valence electrons. The molecule has 6 heteroatoms. The van der Waals surface area contributed by atoms with Crippen LogP contribution < -0.4 is 4.90 Å². The van der Waals surface area contributed by atoms with E-state index in [1.807, 2.05) is 12.1 Å². The second-order valence-electron chi connectivity index (χ2n) is 8.23. The number of ether oxygens (including phenoxy) is 1. The van der Waals surface area contributed by atoms with Crippen LogP contribution in [0.4, 0.5) is 5.82 Å². The molecule has 0 N–H and O–H groups in total. The lowest BCUT2D eigenvalue weighted by atomic mass is 10.0. The summed E-state index contributed by atoms with van der Waals surface area (Å²) in [6.07, 6.45) is 5.11. The van der Waals surface area contributed by atoms with Crippen molar-refractivity contribution in [3.05, 3.63) is 23.9 Å². The number of aromatic nitrogens is 1. The normalized spacial score (nSPS) is 20.3. The number of amides is 1. The van der Waals surface area contributed by atoms with E-state index in [1.165, 1.54) is 0 Å². The highest BCUT2D eigenvalue weighted by Crippen LogP contribution is 2.24. The van der Waals surface area contributed by atoms with Crippen LogP contribution in [0.3, 0.4) is 0 Å². The number of hydrogen-bond acceptors (Lipinski definition) is 5. The van der Waals surface area contributed by atoms with Gasteiger partial charge in [0, 0.05) is 46.3 Å². The largest absolute Gasteiger partial charge is 0.375 e. The molecule has 2 saturated heterocycles. The summed E-state index contributed by atoms with van der Waals surface area (Å²) in [6, 6.07) is 6.33. The third kappa shape index (κ3) is 5.20. The van der Waals surface area contributed by atoms with Crippen molar-refractivity contribution in [2.24, 2.45) is 0 Å². The van der Waals surface area contributed by atoms with E-state index in [0.717, 1.165) is 57.7 Å². The highest BCUT2D eigenvalue weighted by molar-refractivity contribution is 5.92. The molecule has 3 heterocycles. The van der Waals surface area contributed by atoms with Gasteiger partial charge in [-0.2, -0.15) is 0 Å². The van der Waals surface area contributed by atoms with Crippen molar-refractivity contribution in [1.82, 2.24) is 14.8 Å². The van der Waals surface area contributed by atoms with Crippen molar-refractivity contribution in [1.29, 1.82) is 0 Å². The number of carbonyl (C=O) groups is 1. The quantitative estimate of drug-likeness (QED) is 0.793. The van der Waals surface area contributed by atoms with Crippen LogP contribution in [-0.4, -0.2) is 79.2 Å². The molecule has 1 amide bonds. The van der Waals surface area contributed by atoms with Crippen LogP contribution in [0.5, 0.6) is 0 Å². The van der Waals surface area contributed by atoms with Gasteiger partial charge in [0.15, 0.2) is 0 Å². The maximum Gasteiger partial charge on any atom is 0.272 e. The fraction of sp³-hybridized carbons (Fsp3) is 0.714. The molecule has 1 aromatic rings. The fourth-order valence-electron chi connectivity index (χ4n) is 3.97. The molecule has 0 unspecified atom stereocenters. The van der Waals surface area contributed by atoms with Crippen molar-refractivity contribution in [2.45, 2.75) is 57.8 Å². The first-order valence-corrected chi connectivity index (χ1v) is 10.3. The van der Waals surface area contributed by atoms with Gasteiger partial charge in [-0.3, -0.25) is 4.79 Å². The number of carbonyl (C=O) groups excluding carboxylic acids is 1. The van der Waals surface area contributed by atoms with Gasteiger partial charge in [0.2, 0.25) is 0 Å². The van der Waals surface area contributed by atoms with E-state index in [-0.39, 0.29) is 5.91 Å². The maximum atomic E-state index is 12.1. The van der Waals surface area contributed by atoms with E-state index in [4.69, 9.17) is 4.74 Å². The molecule has 1 aromatic heterocycles. The van der Waals surface area contributed by atoms with Crippen molar-refractivity contribution < 1.29 is 9.53 Å². The Bertz CT molecular complexity index is 618. The lowest BCUT2D eigenvalue weighted by Crippen LogP contribution is -2.44. The molecule has 0 aromatic carbocycles. The lowest BCUT2D eigenvalue weighted by Gasteiger charge is -2.38. The van der Waals surface area contributed by atoms with Crippen LogP contribution in [0.15, 0.2) is 18.2 Å². The van der Waals surface area contributed by atoms with Gasteiger partial charge in [-0.05, 0) is 51.7 Å². The summed E-state index contributed by atoms with van der Waals surface area (Å²) in [5, 5.41) is 0. The molecule has 0 atom stereocenters. The number of piperidine rings is 2. The van der Waals surface area contributed by atoms with Crippen LogP contribution in [0.1, 0.15) is 50.0 Å². The maximum absolute atomic E-state index is 12.1. The summed E-state index contributed by atoms with van der Waals surface area (Å²) in [7, 11) is 3.51. The summed E-state index contributed by atoms with van der Waals surface area (Å²) in [5.74, 6) is 0.842. The Morgan fingerprint density at radius 2 is 1.67 bits per heavy atom. The smallest absolute Gasteiger partial charge is 0.272 e. The number of pyridine rings is 1. The molecular weight excluding hydrogens is 340 g/mol. The van der Waals surface area contributed by atoms with E-state index in [9.17, 15) is 4.79 Å². The summed E-state index contributed by atoms with van der Waals surface area (Å²) in [4.78, 5) is 23.1. The number of hydrogen-bond donors (Lipinski definition) is 0. The minimum Gasteiger partial charge on any atom is -0.375 e. The molecule has 6 nitrogen and oxygen atoms in total. The molecule has 2 aliphatic rings. The summed E-state index contributed by atoms with van der Waals surface area (Å²) >= 11 is 0. The first kappa shape index (κ1) is 20.1. The number of anilines is 1. The van der Waals surface area contributed by atoms with Crippen molar-refractivity contribution in [3.8, 4) is 0 Å². The predicted molar refractivity (Wildman–Crippen MR) is 108 cm³/mol. The van der Waals surface area contributed by atoms with Gasteiger partial charge >= 0.3 is 0 Å². The minimum atomic E-state index is -0.0530. The van der Waals surface area contributed by atoms with Gasteiger partial charge in [-0.15, -0.1) is 0 Å². The average molecular weight is 375 g/mol. The van der Waals surface area contributed by atoms with Crippen molar-refractivity contribution >= 4 is 11.7 Å². The molecule has 0 bridgehead atoms. The third-order valence-corrected chi connectivity index (χ3v) is 5.72. The van der Waals surface area contributed by atoms with Gasteiger partial charge in [0.1, 0.15) is 11.5 Å². The van der Waals surface area contributed by atoms with E-state index in [1.54, 1.807) is 25.1 Å². The van der Waals surface area contributed by atoms with Crippen LogP contribution in [0.25, 0.3) is 0 Å². The molecule has 0 radical (unpaired) electrons. The summed E-state index contributed by atoms with van der Waals surface area (Å²) in [5.41, 5.74) is 0.507. The lowest BCUT2D eigenvalue weighted by molar-refractivity contribution is -0.0540. The van der Waals surface area contributed by atoms with Crippen LogP contribution >= 0.6 is 0 Å². The highest BCUT2D eigenvalue weighted by Gasteiger charge is 2.27. The molecule has 0 aliphatic carbocycles. The summed E-state index contributed by atoms with van der Waals surface area (Å²) < 4.78 is 6.40. The average Bonchev–Trinajstić information content (AvgIpc) is 2.68. The number of nitrogens with zero attached hydrogens (tertiary/aromatic N) is 4. The second kappa shape index (κ2) is 9.02. The molecular formula is C21H34N4O2. The monoisotopic (exact) mass is 374 g/mol. The Morgan fingerprint density at radius 3 is 2.22 bits per heavy atom. The highest BCUT2D eigenvalue weighted by atomic mass is 16.5. The Morgan fingerprint density at radius 1 is 1.07 bits per heavy atom. The predicted octanol–water partition coefficient (Wildman–Crippen LogP) is 2.64. The van der Waals surface area contributed by atoms with Crippen LogP contribution in [-0.2, 0) is 4.74 Å². The van der Waals surface area contributed by atoms with E-state index in [2.05, 4.69) is 28.6 Å². The first-order chi connectivity index (χ1) is 12.9. The van der Waals surface area contributed by atoms with Gasteiger partial charge in [0.05, 0.1) is 12.2 Å². The SMILES string of the molecule is CC(C)N1CCC(OC2CCN(c3cccc(C(=O)N(C)C)n3)CC2)CC1. The van der Waals surface area contributed by atoms with Gasteiger partial charge in [-0.25, -0.2) is 4.98 Å². The van der Waals surface area contributed by atoms with Crippen LogP contribution in [0.2, 0.25) is 0 Å². The summed E-state index contributed by atoms with van der Waals surface area (Å²) in [6.45, 7) is 8.71. The molecule has 0 spiro atoms.